The number of aromatic nitrogens is 2. The molecule has 1 aromatic heterocycles. The van der Waals surface area contributed by atoms with Gasteiger partial charge in [-0.2, -0.15) is 0 Å². The molecule has 0 saturated carbocycles. The zero-order chi connectivity index (χ0) is 16.7. The van der Waals surface area contributed by atoms with Crippen LogP contribution in [-0.4, -0.2) is 35.6 Å². The van der Waals surface area contributed by atoms with Crippen LogP contribution in [-0.2, 0) is 9.53 Å². The van der Waals surface area contributed by atoms with Gasteiger partial charge in [0.1, 0.15) is 5.75 Å². The topological polar surface area (TPSA) is 99.4 Å². The summed E-state index contributed by atoms with van der Waals surface area (Å²) in [7, 11) is 1.53. The van der Waals surface area contributed by atoms with Gasteiger partial charge in [-0.15, -0.1) is 0 Å². The number of ether oxygens (including phenoxy) is 2. The monoisotopic (exact) mass is 316 g/mol. The molecular weight excluding hydrogens is 296 g/mol. The maximum atomic E-state index is 11.9. The quantitative estimate of drug-likeness (QED) is 0.809. The number of amides is 1. The number of nitrogens with one attached hydrogen (secondary N) is 1. The first-order valence-electron chi connectivity index (χ1n) is 7.21. The number of rotatable bonds is 7. The summed E-state index contributed by atoms with van der Waals surface area (Å²) >= 11 is 0. The van der Waals surface area contributed by atoms with Gasteiger partial charge in [-0.3, -0.25) is 4.79 Å². The summed E-state index contributed by atoms with van der Waals surface area (Å²) in [4.78, 5) is 20.0. The maximum Gasteiger partial charge on any atom is 0.322 e. The summed E-state index contributed by atoms with van der Waals surface area (Å²) in [6.07, 6.45) is 1.56. The average molecular weight is 316 g/mol. The summed E-state index contributed by atoms with van der Waals surface area (Å²) in [6.45, 7) is 2.16. The minimum absolute atomic E-state index is 0.155. The van der Waals surface area contributed by atoms with Gasteiger partial charge < -0.3 is 20.5 Å². The second-order valence-corrected chi connectivity index (χ2v) is 4.95. The highest BCUT2D eigenvalue weighted by Gasteiger charge is 2.11. The molecule has 1 atom stereocenters. The number of methoxy groups -OCH3 is 1. The molecule has 0 aliphatic heterocycles. The molecule has 7 heteroatoms. The van der Waals surface area contributed by atoms with E-state index in [2.05, 4.69) is 15.3 Å². The Hall–Kier alpha value is -2.51. The number of hydrogen-bond acceptors (Lipinski definition) is 6. The number of nitrogens with two attached hydrogens (primary N) is 1. The molecule has 0 fully saturated rings. The Balaban J connectivity index is 1.93. The third-order valence-electron chi connectivity index (χ3n) is 3.13. The Bertz CT molecular complexity index is 642. The SMILES string of the molecule is COC(CN)CC(=O)Nc1ccc(Oc2nccc(C)n2)cc1. The molecule has 0 saturated heterocycles. The lowest BCUT2D eigenvalue weighted by Gasteiger charge is -2.12. The zero-order valence-electron chi connectivity index (χ0n) is 13.2. The zero-order valence-corrected chi connectivity index (χ0v) is 13.2. The van der Waals surface area contributed by atoms with E-state index in [0.717, 1.165) is 5.69 Å². The van der Waals surface area contributed by atoms with Crippen molar-refractivity contribution in [2.24, 2.45) is 5.73 Å². The van der Waals surface area contributed by atoms with E-state index in [9.17, 15) is 4.79 Å². The lowest BCUT2D eigenvalue weighted by atomic mass is 10.2. The number of nitrogens with zero attached hydrogens (tertiary/aromatic N) is 2. The number of carbonyl (C=O) groups is 1. The number of carbonyl (C=O) groups excluding carboxylic acids is 1. The first-order chi connectivity index (χ1) is 11.1. The van der Waals surface area contributed by atoms with Crippen LogP contribution in [0.15, 0.2) is 36.5 Å². The van der Waals surface area contributed by atoms with Crippen LogP contribution >= 0.6 is 0 Å². The molecule has 7 nitrogen and oxygen atoms in total. The molecule has 0 radical (unpaired) electrons. The molecular formula is C16H20N4O3. The summed E-state index contributed by atoms with van der Waals surface area (Å²) in [5, 5.41) is 2.78. The number of aryl methyl sites for hydroxylation is 1. The van der Waals surface area contributed by atoms with Crippen LogP contribution in [0.4, 0.5) is 5.69 Å². The standard InChI is InChI=1S/C16H20N4O3/c1-11-7-8-18-16(19-11)23-13-5-3-12(4-6-13)20-15(21)9-14(10-17)22-2/h3-8,14H,9-10,17H2,1-2H3,(H,20,21). The highest BCUT2D eigenvalue weighted by Crippen LogP contribution is 2.20. The molecule has 0 aliphatic rings. The minimum atomic E-state index is -0.281. The van der Waals surface area contributed by atoms with Crippen LogP contribution in [0.1, 0.15) is 12.1 Å². The first kappa shape index (κ1) is 16.9. The summed E-state index contributed by atoms with van der Waals surface area (Å²) in [5.41, 5.74) is 6.99. The Morgan fingerprint density at radius 2 is 2.04 bits per heavy atom. The third-order valence-corrected chi connectivity index (χ3v) is 3.13. The van der Waals surface area contributed by atoms with Crippen molar-refractivity contribution in [3.05, 3.63) is 42.2 Å². The van der Waals surface area contributed by atoms with Crippen molar-refractivity contribution in [1.29, 1.82) is 0 Å². The van der Waals surface area contributed by atoms with E-state index in [1.165, 1.54) is 7.11 Å². The second kappa shape index (κ2) is 8.21. The van der Waals surface area contributed by atoms with E-state index >= 15 is 0 Å². The van der Waals surface area contributed by atoms with Gasteiger partial charge in [-0.25, -0.2) is 9.97 Å². The van der Waals surface area contributed by atoms with Gasteiger partial charge in [0, 0.05) is 31.2 Å². The smallest absolute Gasteiger partial charge is 0.322 e. The van der Waals surface area contributed by atoms with Crippen molar-refractivity contribution in [1.82, 2.24) is 9.97 Å². The number of benzene rings is 1. The van der Waals surface area contributed by atoms with Crippen LogP contribution < -0.4 is 15.8 Å². The van der Waals surface area contributed by atoms with Gasteiger partial charge in [0.05, 0.1) is 12.5 Å². The van der Waals surface area contributed by atoms with E-state index in [-0.39, 0.29) is 24.4 Å². The largest absolute Gasteiger partial charge is 0.424 e. The highest BCUT2D eigenvalue weighted by atomic mass is 16.5. The molecule has 23 heavy (non-hydrogen) atoms. The first-order valence-corrected chi connectivity index (χ1v) is 7.21. The van der Waals surface area contributed by atoms with Crippen molar-refractivity contribution in [2.75, 3.05) is 19.0 Å². The second-order valence-electron chi connectivity index (χ2n) is 4.95. The van der Waals surface area contributed by atoms with Crippen molar-refractivity contribution >= 4 is 11.6 Å². The normalized spacial score (nSPS) is 11.8. The van der Waals surface area contributed by atoms with Gasteiger partial charge in [0.25, 0.3) is 0 Å². The fourth-order valence-electron chi connectivity index (χ4n) is 1.87. The van der Waals surface area contributed by atoms with Crippen LogP contribution in [0.2, 0.25) is 0 Å². The fourth-order valence-corrected chi connectivity index (χ4v) is 1.87. The van der Waals surface area contributed by atoms with E-state index in [4.69, 9.17) is 15.2 Å². The molecule has 0 bridgehead atoms. The van der Waals surface area contributed by atoms with Crippen molar-refractivity contribution in [3.8, 4) is 11.8 Å². The van der Waals surface area contributed by atoms with E-state index in [0.29, 0.717) is 18.0 Å². The molecule has 0 aliphatic carbocycles. The van der Waals surface area contributed by atoms with E-state index in [1.54, 1.807) is 36.5 Å². The van der Waals surface area contributed by atoms with Gasteiger partial charge >= 0.3 is 6.01 Å². The lowest BCUT2D eigenvalue weighted by molar-refractivity contribution is -0.118. The molecule has 1 aromatic carbocycles. The van der Waals surface area contributed by atoms with Crippen LogP contribution in [0.3, 0.4) is 0 Å². The molecule has 1 unspecified atom stereocenters. The van der Waals surface area contributed by atoms with Gasteiger partial charge in [0.15, 0.2) is 0 Å². The summed E-state index contributed by atoms with van der Waals surface area (Å²) in [5.74, 6) is 0.434. The Kier molecular flexibility index (Phi) is 6.02. The molecule has 2 aromatic rings. The van der Waals surface area contributed by atoms with E-state index < -0.39 is 0 Å². The number of hydrogen-bond donors (Lipinski definition) is 2. The predicted molar refractivity (Wildman–Crippen MR) is 86.4 cm³/mol. The lowest BCUT2D eigenvalue weighted by Crippen LogP contribution is -2.28. The molecule has 1 amide bonds. The average Bonchev–Trinajstić information content (AvgIpc) is 2.54. The maximum absolute atomic E-state index is 11.9. The van der Waals surface area contributed by atoms with Gasteiger partial charge in [-0.05, 0) is 37.3 Å². The molecule has 1 heterocycles. The molecule has 2 rings (SSSR count). The Morgan fingerprint density at radius 1 is 1.30 bits per heavy atom. The van der Waals surface area contributed by atoms with Gasteiger partial charge in [0.2, 0.25) is 5.91 Å². The third kappa shape index (κ3) is 5.32. The number of anilines is 1. The van der Waals surface area contributed by atoms with Crippen LogP contribution in [0.5, 0.6) is 11.8 Å². The fraction of sp³-hybridized carbons (Fsp3) is 0.312. The van der Waals surface area contributed by atoms with Crippen LogP contribution in [0, 0.1) is 6.92 Å². The van der Waals surface area contributed by atoms with Crippen molar-refractivity contribution in [2.45, 2.75) is 19.4 Å². The molecule has 122 valence electrons. The Morgan fingerprint density at radius 3 is 2.65 bits per heavy atom. The molecule has 3 N–H and O–H groups in total. The minimum Gasteiger partial charge on any atom is -0.424 e. The van der Waals surface area contributed by atoms with Crippen LogP contribution in [0.25, 0.3) is 0 Å². The predicted octanol–water partition coefficient (Wildman–Crippen LogP) is 1.88. The van der Waals surface area contributed by atoms with Crippen molar-refractivity contribution < 1.29 is 14.3 Å². The highest BCUT2D eigenvalue weighted by molar-refractivity contribution is 5.91. The molecule has 0 spiro atoms. The summed E-state index contributed by atoms with van der Waals surface area (Å²) in [6, 6.07) is 9.03. The Labute approximate surface area is 134 Å². The van der Waals surface area contributed by atoms with Crippen molar-refractivity contribution in [3.63, 3.8) is 0 Å². The van der Waals surface area contributed by atoms with E-state index in [1.807, 2.05) is 6.92 Å². The summed E-state index contributed by atoms with van der Waals surface area (Å²) < 4.78 is 10.6. The van der Waals surface area contributed by atoms with Gasteiger partial charge in [-0.1, -0.05) is 0 Å².